The molecular formula is C67H59BFN3O2. The van der Waals surface area contributed by atoms with Crippen LogP contribution in [0, 0.1) is 12.7 Å². The SMILES string of the molecule is Cc1ccc(N2c3ccc(C(C)(C)C)cc3B3c4c(cc(N(c5ccccc5)c5ccccc5)cc42)Oc2cc(-n4c5ccc(C(C)(C)C)cc5c5cc(C(C)(C)C)ccc54)c4c(oc5ccccc54)c23)c(F)c1. The summed E-state index contributed by atoms with van der Waals surface area (Å²) in [6.45, 7) is 22.1. The molecule has 7 heteroatoms. The highest BCUT2D eigenvalue weighted by atomic mass is 19.1. The second-order valence-electron chi connectivity index (χ2n) is 23.6. The Balaban J connectivity index is 1.17. The summed E-state index contributed by atoms with van der Waals surface area (Å²) in [5.74, 6) is 1.12. The molecule has 5 nitrogen and oxygen atoms in total. The summed E-state index contributed by atoms with van der Waals surface area (Å²) in [5.41, 5.74) is 17.1. The molecule has 2 aromatic heterocycles. The molecule has 11 aromatic rings. The molecule has 0 atom stereocenters. The van der Waals surface area contributed by atoms with Gasteiger partial charge in [0.1, 0.15) is 28.5 Å². The van der Waals surface area contributed by atoms with Crippen LogP contribution in [0.15, 0.2) is 180 Å². The molecule has 364 valence electrons. The maximum absolute atomic E-state index is 17.0. The number of rotatable bonds is 5. The Hall–Kier alpha value is -8.03. The highest BCUT2D eigenvalue weighted by Crippen LogP contribution is 2.49. The van der Waals surface area contributed by atoms with E-state index in [1.54, 1.807) is 6.07 Å². The highest BCUT2D eigenvalue weighted by Gasteiger charge is 2.46. The first kappa shape index (κ1) is 45.8. The number of aryl methyl sites for hydroxylation is 1. The largest absolute Gasteiger partial charge is 0.458 e. The molecule has 0 radical (unpaired) electrons. The Kier molecular flexibility index (Phi) is 10.1. The van der Waals surface area contributed by atoms with Crippen LogP contribution in [0.3, 0.4) is 0 Å². The summed E-state index contributed by atoms with van der Waals surface area (Å²) in [4.78, 5) is 4.38. The van der Waals surface area contributed by atoms with Gasteiger partial charge in [-0.05, 0) is 135 Å². The zero-order valence-electron chi connectivity index (χ0n) is 43.9. The van der Waals surface area contributed by atoms with Gasteiger partial charge in [-0.25, -0.2) is 4.39 Å². The lowest BCUT2D eigenvalue weighted by atomic mass is 9.33. The number of anilines is 6. The summed E-state index contributed by atoms with van der Waals surface area (Å²) in [5, 5.41) is 4.46. The van der Waals surface area contributed by atoms with Crippen molar-refractivity contribution in [3.8, 4) is 17.2 Å². The molecule has 4 heterocycles. The number of halogens is 1. The maximum Gasteiger partial charge on any atom is 0.261 e. The van der Waals surface area contributed by atoms with Crippen LogP contribution in [-0.2, 0) is 16.2 Å². The number of aromatic nitrogens is 1. The Morgan fingerprint density at radius 3 is 1.64 bits per heavy atom. The van der Waals surface area contributed by atoms with Gasteiger partial charge in [0.05, 0.1) is 33.5 Å². The molecule has 0 fully saturated rings. The molecule has 13 rings (SSSR count). The summed E-state index contributed by atoms with van der Waals surface area (Å²) in [6.07, 6.45) is 0. The number of nitrogens with zero attached hydrogens (tertiary/aromatic N) is 3. The van der Waals surface area contributed by atoms with Crippen molar-refractivity contribution in [1.29, 1.82) is 0 Å². The number of benzene rings is 9. The minimum absolute atomic E-state index is 0.0520. The molecule has 0 saturated heterocycles. The number of hydrogen-bond donors (Lipinski definition) is 0. The van der Waals surface area contributed by atoms with E-state index < -0.39 is 0 Å². The molecule has 9 aromatic carbocycles. The van der Waals surface area contributed by atoms with E-state index in [4.69, 9.17) is 9.15 Å². The van der Waals surface area contributed by atoms with E-state index in [1.807, 2.05) is 31.2 Å². The van der Waals surface area contributed by atoms with E-state index in [1.165, 1.54) is 27.5 Å². The number of hydrogen-bond acceptors (Lipinski definition) is 4. The number of para-hydroxylation sites is 3. The predicted octanol–water partition coefficient (Wildman–Crippen LogP) is 16.9. The Bertz CT molecular complexity index is 3980. The Labute approximate surface area is 433 Å². The van der Waals surface area contributed by atoms with Crippen molar-refractivity contribution in [3.63, 3.8) is 0 Å². The van der Waals surface area contributed by atoms with Gasteiger partial charge in [0.2, 0.25) is 0 Å². The normalized spacial score (nSPS) is 13.4. The van der Waals surface area contributed by atoms with Gasteiger partial charge in [-0.1, -0.05) is 147 Å². The summed E-state index contributed by atoms with van der Waals surface area (Å²) >= 11 is 0. The second-order valence-corrected chi connectivity index (χ2v) is 23.6. The fourth-order valence-corrected chi connectivity index (χ4v) is 11.7. The summed E-state index contributed by atoms with van der Waals surface area (Å²) in [6, 6.07) is 62.3. The van der Waals surface area contributed by atoms with Gasteiger partial charge in [-0.2, -0.15) is 0 Å². The smallest absolute Gasteiger partial charge is 0.261 e. The van der Waals surface area contributed by atoms with Crippen LogP contribution >= 0.6 is 0 Å². The quantitative estimate of drug-likeness (QED) is 0.161. The topological polar surface area (TPSA) is 33.8 Å². The Morgan fingerprint density at radius 1 is 0.473 bits per heavy atom. The minimum atomic E-state index is -0.360. The summed E-state index contributed by atoms with van der Waals surface area (Å²) < 4.78 is 34.4. The predicted molar refractivity (Wildman–Crippen MR) is 309 cm³/mol. The second kappa shape index (κ2) is 16.2. The zero-order chi connectivity index (χ0) is 51.2. The van der Waals surface area contributed by atoms with Crippen LogP contribution in [-0.4, -0.2) is 11.3 Å². The molecule has 0 saturated carbocycles. The van der Waals surface area contributed by atoms with Crippen molar-refractivity contribution in [3.05, 3.63) is 204 Å². The maximum atomic E-state index is 17.0. The van der Waals surface area contributed by atoms with E-state index in [2.05, 4.69) is 222 Å². The molecule has 0 unspecified atom stereocenters. The van der Waals surface area contributed by atoms with Crippen LogP contribution in [0.5, 0.6) is 11.5 Å². The van der Waals surface area contributed by atoms with Crippen LogP contribution in [0.25, 0.3) is 49.4 Å². The van der Waals surface area contributed by atoms with Gasteiger partial charge in [0, 0.05) is 56.5 Å². The lowest BCUT2D eigenvalue weighted by Crippen LogP contribution is -2.60. The van der Waals surface area contributed by atoms with Crippen molar-refractivity contribution in [2.75, 3.05) is 9.80 Å². The summed E-state index contributed by atoms with van der Waals surface area (Å²) in [7, 11) is 0. The first-order chi connectivity index (χ1) is 35.4. The number of ether oxygens (including phenoxy) is 1. The van der Waals surface area contributed by atoms with Crippen LogP contribution in [0.4, 0.5) is 38.5 Å². The van der Waals surface area contributed by atoms with Gasteiger partial charge < -0.3 is 23.5 Å². The lowest BCUT2D eigenvalue weighted by Gasteiger charge is -2.41. The third-order valence-electron chi connectivity index (χ3n) is 15.6. The molecule has 0 N–H and O–H groups in total. The minimum Gasteiger partial charge on any atom is -0.458 e. The van der Waals surface area contributed by atoms with Crippen molar-refractivity contribution in [1.82, 2.24) is 4.57 Å². The van der Waals surface area contributed by atoms with Crippen molar-refractivity contribution < 1.29 is 13.5 Å². The monoisotopic (exact) mass is 967 g/mol. The van der Waals surface area contributed by atoms with Crippen molar-refractivity contribution in [2.24, 2.45) is 0 Å². The van der Waals surface area contributed by atoms with E-state index in [-0.39, 0.29) is 28.8 Å². The van der Waals surface area contributed by atoms with E-state index >= 15 is 4.39 Å². The average molecular weight is 968 g/mol. The van der Waals surface area contributed by atoms with Gasteiger partial charge >= 0.3 is 0 Å². The fourth-order valence-electron chi connectivity index (χ4n) is 11.7. The first-order valence-corrected chi connectivity index (χ1v) is 26.0. The number of fused-ring (bicyclic) bond motifs is 11. The van der Waals surface area contributed by atoms with Gasteiger partial charge in [-0.3, -0.25) is 0 Å². The number of furan rings is 1. The van der Waals surface area contributed by atoms with Gasteiger partial charge in [0.15, 0.2) is 0 Å². The van der Waals surface area contributed by atoms with Gasteiger partial charge in [-0.15, -0.1) is 0 Å². The van der Waals surface area contributed by atoms with Gasteiger partial charge in [0.25, 0.3) is 6.71 Å². The molecule has 74 heavy (non-hydrogen) atoms. The molecule has 0 bridgehead atoms. The van der Waals surface area contributed by atoms with Crippen molar-refractivity contribution in [2.45, 2.75) is 85.5 Å². The first-order valence-electron chi connectivity index (χ1n) is 26.0. The van der Waals surface area contributed by atoms with Crippen LogP contribution in [0.2, 0.25) is 0 Å². The van der Waals surface area contributed by atoms with Crippen molar-refractivity contribution >= 4 is 101 Å². The third-order valence-corrected chi connectivity index (χ3v) is 15.6. The molecule has 2 aliphatic heterocycles. The molecule has 0 spiro atoms. The van der Waals surface area contributed by atoms with E-state index in [9.17, 15) is 0 Å². The standard InChI is InChI=1S/C67H59BFN3O2/c1-40-25-29-55(51(69)33-40)72-54-32-28-43(67(8,9)10)36-50(54)68-62-57(72)37-46(70(44-19-13-11-14-20-44)45-21-15-12-16-22-45)38-59(62)73-60-39-56(61-47-23-17-18-24-58(47)74-64(61)63(60)68)71-52-30-26-41(65(2,3)4)34-48(52)49-35-42(66(5,6)7)27-31-53(49)71/h11-39H,1-10H3. The molecule has 0 aliphatic carbocycles. The van der Waals surface area contributed by atoms with E-state index in [0.29, 0.717) is 17.2 Å². The highest BCUT2D eigenvalue weighted by molar-refractivity contribution is 7.00. The molecule has 2 aliphatic rings. The Morgan fingerprint density at radius 2 is 1.03 bits per heavy atom. The van der Waals surface area contributed by atoms with Crippen LogP contribution < -0.4 is 30.9 Å². The van der Waals surface area contributed by atoms with E-state index in [0.717, 1.165) is 89.0 Å². The zero-order valence-corrected chi connectivity index (χ0v) is 43.9. The fraction of sp³-hybridized carbons (Fsp3) is 0.194. The average Bonchev–Trinajstić information content (AvgIpc) is 3.95. The molecule has 0 amide bonds. The molecular weight excluding hydrogens is 909 g/mol. The lowest BCUT2D eigenvalue weighted by molar-refractivity contribution is 0.487. The van der Waals surface area contributed by atoms with Crippen LogP contribution in [0.1, 0.15) is 84.6 Å². The third kappa shape index (κ3) is 7.10.